The largest absolute Gasteiger partial charge is 0.0801 e. The zero-order chi connectivity index (χ0) is 76.5. The minimum Gasteiger partial charge on any atom is -0.0776 e. The van der Waals surface area contributed by atoms with Crippen molar-refractivity contribution in [3.63, 3.8) is 0 Å². The quantitative estimate of drug-likeness (QED) is 0.168. The normalized spacial score (nSPS) is 31.6. The Labute approximate surface area is 803 Å². The summed E-state index contributed by atoms with van der Waals surface area (Å²) in [5, 5.41) is 0. The van der Waals surface area contributed by atoms with Crippen molar-refractivity contribution in [1.82, 2.24) is 0 Å². The minimum atomic E-state index is -0.430. The molecule has 24 heteroatoms. The number of halogens is 16. The van der Waals surface area contributed by atoms with Gasteiger partial charge in [-0.25, -0.2) is 0 Å². The van der Waals surface area contributed by atoms with Gasteiger partial charge in [-0.05, 0) is 499 Å². The van der Waals surface area contributed by atoms with E-state index in [4.69, 9.17) is 10.2 Å². The average Bonchev–Trinajstić information content (AvgIpc) is 3.38. The Bertz CT molecular complexity index is 1120. The number of hydrogen-bond donors (Lipinski definition) is 0. The molecule has 90 heavy (non-hydrogen) atoms. The molecule has 0 radical (unpaired) electrons. The third kappa shape index (κ3) is 119. The summed E-state index contributed by atoms with van der Waals surface area (Å²) in [7, 11) is 0. The molecular formula is C66H144I16P8. The SMILES string of the molecule is C.C.CC1CCCC(C)C1.CC1CCCC(C)C1.CC1CCCC(C)C1.CC1CCCC(C)C1.CC1CCCC(C)C1.CC1CCCC(C)C1.CC1CCCC(C)C1.CC1CCCC(C)C1.[2H]P(I)I.[2H]P(I)I.[2H]P(I)I.[2H]P(I)I.[2H]P(I)I.[2H]P(I)I.[2H]P(I)I.[2H]P(I)I. The van der Waals surface area contributed by atoms with Crippen LogP contribution in [0.2, 0.25) is 0 Å². The standard InChI is InChI=1S/8C8H16.2CH4.8HI2P/c8*1-7-4-3-5-8(2)6-7;;;8*1-3-2/h8*7-8H,3-6H2,1-2H3;2*1H4;8*3H/i;;;;;;;;;;8*3D. The molecule has 0 aliphatic heterocycles. The second-order valence-electron chi connectivity index (χ2n) is 27.5. The van der Waals surface area contributed by atoms with Crippen LogP contribution in [0.5, 0.6) is 0 Å². The topological polar surface area (TPSA) is 0 Å². The molecule has 8 rings (SSSR count). The van der Waals surface area contributed by atoms with Crippen LogP contribution in [0.25, 0.3) is 0 Å². The molecule has 0 nitrogen and oxygen atoms in total. The van der Waals surface area contributed by atoms with Crippen LogP contribution in [-0.2, 0) is 0 Å². The maximum atomic E-state index is 6.62. The van der Waals surface area contributed by atoms with Crippen LogP contribution < -0.4 is 0 Å². The van der Waals surface area contributed by atoms with Gasteiger partial charge in [0.15, 0.2) is 0 Å². The van der Waals surface area contributed by atoms with Gasteiger partial charge in [0.1, 0.15) is 0 Å². The van der Waals surface area contributed by atoms with Crippen molar-refractivity contribution in [2.24, 2.45) is 94.7 Å². The molecule has 8 aliphatic carbocycles. The van der Waals surface area contributed by atoms with Crippen molar-refractivity contribution in [2.45, 2.75) is 331 Å². The van der Waals surface area contributed by atoms with Gasteiger partial charge in [0.2, 0.25) is 0 Å². The third-order valence-corrected chi connectivity index (χ3v) is 17.6. The third-order valence-electron chi connectivity index (χ3n) is 17.6. The molecule has 8 aliphatic rings. The maximum absolute atomic E-state index is 6.62. The first-order valence-corrected chi connectivity index (χ1v) is 84.7. The zero-order valence-electron chi connectivity index (χ0n) is 65.5. The molecule has 0 aromatic carbocycles. The van der Waals surface area contributed by atoms with Crippen LogP contribution >= 0.6 is 383 Å². The molecule has 0 aromatic rings. The lowest BCUT2D eigenvalue weighted by Gasteiger charge is -2.22. The summed E-state index contributed by atoms with van der Waals surface area (Å²) in [4.78, 5) is 0. The predicted octanol–water partition coefficient (Wildman–Crippen LogP) is 42.9. The minimum absolute atomic E-state index is 0. The van der Waals surface area contributed by atoms with Gasteiger partial charge in [-0.3, -0.25) is 0 Å². The van der Waals surface area contributed by atoms with Gasteiger partial charge >= 0.3 is 0 Å². The van der Waals surface area contributed by atoms with E-state index in [0.29, 0.717) is 0 Å². The summed E-state index contributed by atoms with van der Waals surface area (Å²) in [6.07, 6.45) is 47.2. The van der Waals surface area contributed by atoms with Crippen molar-refractivity contribution in [3.8, 4) is 0 Å². The molecule has 8 fully saturated rings. The summed E-state index contributed by atoms with van der Waals surface area (Å²) in [6.45, 7) is 37.9. The molecule has 0 N–H and O–H groups in total. The van der Waals surface area contributed by atoms with Gasteiger partial charge in [-0.1, -0.05) is 280 Å². The molecule has 8 saturated carbocycles. The predicted molar refractivity (Wildman–Crippen MR) is 599 cm³/mol. The molecule has 0 spiro atoms. The van der Waals surface area contributed by atoms with Crippen molar-refractivity contribution in [1.29, 1.82) is 10.2 Å². The first-order chi connectivity index (χ1) is 44.2. The first-order valence-electron chi connectivity index (χ1n) is 36.6. The fourth-order valence-electron chi connectivity index (χ4n) is 13.9. The maximum Gasteiger partial charge on any atom is 0.0801 e. The summed E-state index contributed by atoms with van der Waals surface area (Å²) in [6, 6.07) is 0. The second-order valence-corrected chi connectivity index (χ2v) is 96.0. The van der Waals surface area contributed by atoms with Crippen LogP contribution in [0.3, 0.4) is 0 Å². The summed E-state index contributed by atoms with van der Waals surface area (Å²) in [5.41, 5.74) is 0. The van der Waals surface area contributed by atoms with Crippen molar-refractivity contribution >= 4 is 383 Å². The molecule has 0 aromatic heterocycles. The van der Waals surface area contributed by atoms with E-state index in [2.05, 4.69) is 463 Å². The molecule has 0 bridgehead atoms. The van der Waals surface area contributed by atoms with Crippen LogP contribution in [0.4, 0.5) is 0 Å². The van der Waals surface area contributed by atoms with E-state index in [1.54, 1.807) is 0 Å². The smallest absolute Gasteiger partial charge is 0.0776 e. The van der Waals surface area contributed by atoms with E-state index in [1.807, 2.05) is 0 Å². The van der Waals surface area contributed by atoms with E-state index in [0.717, 1.165) is 94.7 Å². The Morgan fingerprint density at radius 2 is 0.211 bits per heavy atom. The lowest BCUT2D eigenvalue weighted by atomic mass is 9.84. The van der Waals surface area contributed by atoms with Gasteiger partial charge in [0, 0.05) is 30.5 Å². The van der Waals surface area contributed by atoms with Gasteiger partial charge < -0.3 is 0 Å². The van der Waals surface area contributed by atoms with Crippen LogP contribution in [-0.4, -0.2) is 10.2 Å². The van der Waals surface area contributed by atoms with Crippen LogP contribution in [0.1, 0.15) is 331 Å². The summed E-state index contributed by atoms with van der Waals surface area (Å²) >= 11 is 33.0. The number of rotatable bonds is 0. The molecule has 0 heterocycles. The van der Waals surface area contributed by atoms with Crippen molar-refractivity contribution < 1.29 is 0 Å². The molecule has 16 atom stereocenters. The Morgan fingerprint density at radius 3 is 0.233 bits per heavy atom. The summed E-state index contributed by atoms with van der Waals surface area (Å²) < 4.78 is 49.5. The Kier molecular flexibility index (Phi) is 124. The van der Waals surface area contributed by atoms with E-state index in [-0.39, 0.29) is 14.9 Å². The van der Waals surface area contributed by atoms with Gasteiger partial charge in [0.05, 0.1) is 10.2 Å². The Balaban J connectivity index is -0.000000106. The van der Waals surface area contributed by atoms with E-state index < -0.39 is 30.5 Å². The van der Waals surface area contributed by atoms with Crippen molar-refractivity contribution in [2.75, 3.05) is 0 Å². The average molecular weight is 3220 g/mol. The molecule has 16 unspecified atom stereocenters. The van der Waals surface area contributed by atoms with Crippen LogP contribution in [0, 0.1) is 94.7 Å². The molecule has 560 valence electrons. The fraction of sp³-hybridized carbons (Fsp3) is 1.00. The summed E-state index contributed by atoms with van der Waals surface area (Å²) in [5.74, 6) is 16.2. The lowest BCUT2D eigenvalue weighted by Crippen LogP contribution is -2.09. The highest BCUT2D eigenvalue weighted by Gasteiger charge is 2.19. The van der Waals surface area contributed by atoms with Gasteiger partial charge in [-0.15, -0.1) is 0 Å². The molecular weight excluding hydrogens is 3070 g/mol. The zero-order valence-corrected chi connectivity index (χ0v) is 99.2. The van der Waals surface area contributed by atoms with E-state index in [9.17, 15) is 0 Å². The lowest BCUT2D eigenvalue weighted by molar-refractivity contribution is 0.301. The van der Waals surface area contributed by atoms with Gasteiger partial charge in [-0.2, -0.15) is 0 Å². The molecule has 0 amide bonds. The Morgan fingerprint density at radius 1 is 0.167 bits per heavy atom. The van der Waals surface area contributed by atoms with Gasteiger partial charge in [0.25, 0.3) is 0 Å². The molecule has 0 saturated heterocycles. The highest BCUT2D eigenvalue weighted by molar-refractivity contribution is 14.3. The highest BCUT2D eigenvalue weighted by atomic mass is 127. The number of hydrogen-bond acceptors (Lipinski definition) is 0. The highest BCUT2D eigenvalue weighted by Crippen LogP contribution is 2.35. The van der Waals surface area contributed by atoms with Crippen molar-refractivity contribution in [3.05, 3.63) is 0 Å². The van der Waals surface area contributed by atoms with Crippen LogP contribution in [0.15, 0.2) is 0 Å². The first kappa shape index (κ1) is 107. The fourth-order valence-corrected chi connectivity index (χ4v) is 13.9. The second kappa shape index (κ2) is 104. The van der Waals surface area contributed by atoms with E-state index in [1.165, 1.54) is 205 Å². The van der Waals surface area contributed by atoms with E-state index >= 15 is 0 Å². The Hall–Kier alpha value is 15.1. The monoisotopic (exact) mass is 3220 g/mol.